The van der Waals surface area contributed by atoms with Crippen molar-refractivity contribution in [3.63, 3.8) is 0 Å². The van der Waals surface area contributed by atoms with E-state index in [1.807, 2.05) is 6.07 Å². The Bertz CT molecular complexity index is 377. The maximum atomic E-state index is 8.45. The molecule has 0 heterocycles. The molecule has 13 heavy (non-hydrogen) atoms. The minimum absolute atomic E-state index is 0.304. The average molecular weight is 212 g/mol. The summed E-state index contributed by atoms with van der Waals surface area (Å²) in [4.78, 5) is 0. The first kappa shape index (κ1) is 10.1. The van der Waals surface area contributed by atoms with Gasteiger partial charge in [0.25, 0.3) is 0 Å². The lowest BCUT2D eigenvalue weighted by atomic mass is 10.1. The van der Waals surface area contributed by atoms with Gasteiger partial charge < -0.3 is 0 Å². The van der Waals surface area contributed by atoms with Gasteiger partial charge in [-0.25, -0.2) is 0 Å². The number of rotatable bonds is 2. The van der Waals surface area contributed by atoms with E-state index in [9.17, 15) is 0 Å². The van der Waals surface area contributed by atoms with Gasteiger partial charge in [-0.1, -0.05) is 35.8 Å². The van der Waals surface area contributed by atoms with E-state index < -0.39 is 0 Å². The number of halogens is 2. The summed E-state index contributed by atoms with van der Waals surface area (Å²) in [6.45, 7) is 3.76. The Kier molecular flexibility index (Phi) is 3.36. The van der Waals surface area contributed by atoms with Gasteiger partial charge in [-0.2, -0.15) is 5.26 Å². The maximum absolute atomic E-state index is 8.45. The molecule has 1 aromatic carbocycles. The molecule has 0 saturated heterocycles. The molecule has 0 atom stereocenters. The molecular formula is C10H7Cl2N. The second-order valence-corrected chi connectivity index (χ2v) is 3.38. The molecular weight excluding hydrogens is 205 g/mol. The molecule has 0 aliphatic carbocycles. The van der Waals surface area contributed by atoms with Crippen LogP contribution in [-0.4, -0.2) is 0 Å². The van der Waals surface area contributed by atoms with Crippen molar-refractivity contribution in [2.45, 2.75) is 6.42 Å². The molecule has 0 bridgehead atoms. The fourth-order valence-corrected chi connectivity index (χ4v) is 1.21. The molecule has 3 heteroatoms. The van der Waals surface area contributed by atoms with Crippen LogP contribution in [0.15, 0.2) is 24.8 Å². The van der Waals surface area contributed by atoms with E-state index in [2.05, 4.69) is 6.58 Å². The maximum Gasteiger partial charge on any atom is 0.0669 e. The Hall–Kier alpha value is -0.970. The van der Waals surface area contributed by atoms with Crippen molar-refractivity contribution in [3.05, 3.63) is 40.4 Å². The topological polar surface area (TPSA) is 23.8 Å². The van der Waals surface area contributed by atoms with Crippen molar-refractivity contribution in [3.8, 4) is 6.07 Å². The second kappa shape index (κ2) is 4.32. The molecule has 0 fully saturated rings. The van der Waals surface area contributed by atoms with Crippen LogP contribution in [0.1, 0.15) is 12.0 Å². The Morgan fingerprint density at radius 3 is 2.62 bits per heavy atom. The van der Waals surface area contributed by atoms with E-state index in [1.54, 1.807) is 18.2 Å². The van der Waals surface area contributed by atoms with Crippen LogP contribution in [-0.2, 0) is 0 Å². The quantitative estimate of drug-likeness (QED) is 0.728. The summed E-state index contributed by atoms with van der Waals surface area (Å²) in [5, 5.41) is 9.45. The summed E-state index contributed by atoms with van der Waals surface area (Å²) in [7, 11) is 0. The van der Waals surface area contributed by atoms with E-state index in [4.69, 9.17) is 28.5 Å². The molecule has 0 saturated carbocycles. The van der Waals surface area contributed by atoms with Gasteiger partial charge in [0.1, 0.15) is 0 Å². The van der Waals surface area contributed by atoms with Gasteiger partial charge in [-0.15, -0.1) is 0 Å². The summed E-state index contributed by atoms with van der Waals surface area (Å²) < 4.78 is 0. The zero-order chi connectivity index (χ0) is 9.84. The van der Waals surface area contributed by atoms with Crippen LogP contribution in [0.3, 0.4) is 0 Å². The number of hydrogen-bond acceptors (Lipinski definition) is 1. The molecule has 0 aliphatic rings. The Balaban J connectivity index is 2.98. The molecule has 0 unspecified atom stereocenters. The molecule has 0 amide bonds. The Morgan fingerprint density at radius 1 is 1.38 bits per heavy atom. The largest absolute Gasteiger partial charge is 0.198 e. The third-order valence-electron chi connectivity index (χ3n) is 1.62. The fourth-order valence-electron chi connectivity index (χ4n) is 0.914. The normalized spacial score (nSPS) is 9.31. The van der Waals surface area contributed by atoms with Gasteiger partial charge in [0.2, 0.25) is 0 Å². The van der Waals surface area contributed by atoms with E-state index in [-0.39, 0.29) is 0 Å². The molecule has 0 radical (unpaired) electrons. The first-order chi connectivity index (χ1) is 6.15. The van der Waals surface area contributed by atoms with Crippen LogP contribution < -0.4 is 0 Å². The minimum atomic E-state index is 0.304. The number of hydrogen-bond donors (Lipinski definition) is 0. The molecule has 0 aliphatic heterocycles. The lowest BCUT2D eigenvalue weighted by Gasteiger charge is -2.02. The van der Waals surface area contributed by atoms with Crippen LogP contribution in [0.4, 0.5) is 0 Å². The molecule has 1 rings (SSSR count). The smallest absolute Gasteiger partial charge is 0.0669 e. The standard InChI is InChI=1S/C10H7Cl2N/c1-7(4-5-13)8-2-3-9(11)10(12)6-8/h2-3,6H,1,4H2. The Morgan fingerprint density at radius 2 is 2.08 bits per heavy atom. The van der Waals surface area contributed by atoms with E-state index >= 15 is 0 Å². The molecule has 0 spiro atoms. The van der Waals surface area contributed by atoms with E-state index in [0.717, 1.165) is 11.1 Å². The summed E-state index contributed by atoms with van der Waals surface area (Å²) in [5.41, 5.74) is 1.61. The number of nitriles is 1. The lowest BCUT2D eigenvalue weighted by Crippen LogP contribution is -1.81. The summed E-state index contributed by atoms with van der Waals surface area (Å²) in [6.07, 6.45) is 0.304. The highest BCUT2D eigenvalue weighted by molar-refractivity contribution is 6.42. The first-order valence-corrected chi connectivity index (χ1v) is 4.41. The van der Waals surface area contributed by atoms with Crippen LogP contribution in [0.5, 0.6) is 0 Å². The van der Waals surface area contributed by atoms with Gasteiger partial charge in [0.05, 0.1) is 22.5 Å². The first-order valence-electron chi connectivity index (χ1n) is 3.65. The third kappa shape index (κ3) is 2.48. The highest BCUT2D eigenvalue weighted by atomic mass is 35.5. The number of benzene rings is 1. The second-order valence-electron chi connectivity index (χ2n) is 2.57. The number of allylic oxidation sites excluding steroid dienone is 1. The van der Waals surface area contributed by atoms with Crippen molar-refractivity contribution >= 4 is 28.8 Å². The predicted octanol–water partition coefficient (Wildman–Crippen LogP) is 3.92. The van der Waals surface area contributed by atoms with E-state index in [1.165, 1.54) is 0 Å². The van der Waals surface area contributed by atoms with Gasteiger partial charge in [-0.3, -0.25) is 0 Å². The highest BCUT2D eigenvalue weighted by Gasteiger charge is 2.01. The SMILES string of the molecule is C=C(CC#N)c1ccc(Cl)c(Cl)c1. The highest BCUT2D eigenvalue weighted by Crippen LogP contribution is 2.26. The monoisotopic (exact) mass is 211 g/mol. The molecule has 1 aromatic rings. The van der Waals surface area contributed by atoms with Gasteiger partial charge >= 0.3 is 0 Å². The average Bonchev–Trinajstić information content (AvgIpc) is 2.10. The zero-order valence-corrected chi connectivity index (χ0v) is 8.36. The van der Waals surface area contributed by atoms with Crippen molar-refractivity contribution in [1.29, 1.82) is 5.26 Å². The molecule has 0 N–H and O–H groups in total. The summed E-state index contributed by atoms with van der Waals surface area (Å²) in [5.74, 6) is 0. The van der Waals surface area contributed by atoms with Crippen molar-refractivity contribution in [2.75, 3.05) is 0 Å². The minimum Gasteiger partial charge on any atom is -0.198 e. The summed E-state index contributed by atoms with van der Waals surface area (Å²) >= 11 is 11.5. The molecule has 0 aromatic heterocycles. The third-order valence-corrected chi connectivity index (χ3v) is 2.36. The van der Waals surface area contributed by atoms with Crippen LogP contribution in [0.25, 0.3) is 5.57 Å². The molecule has 1 nitrogen and oxygen atoms in total. The molecule has 66 valence electrons. The zero-order valence-electron chi connectivity index (χ0n) is 6.85. The predicted molar refractivity (Wildman–Crippen MR) is 55.7 cm³/mol. The van der Waals surface area contributed by atoms with Crippen molar-refractivity contribution in [2.24, 2.45) is 0 Å². The Labute approximate surface area is 87.2 Å². The van der Waals surface area contributed by atoms with Crippen molar-refractivity contribution < 1.29 is 0 Å². The van der Waals surface area contributed by atoms with Crippen LogP contribution in [0.2, 0.25) is 10.0 Å². The van der Waals surface area contributed by atoms with Gasteiger partial charge in [0, 0.05) is 0 Å². The van der Waals surface area contributed by atoms with Crippen LogP contribution >= 0.6 is 23.2 Å². The number of nitrogens with zero attached hydrogens (tertiary/aromatic N) is 1. The van der Waals surface area contributed by atoms with Crippen LogP contribution in [0, 0.1) is 11.3 Å². The summed E-state index contributed by atoms with van der Waals surface area (Å²) in [6, 6.07) is 7.23. The lowest BCUT2D eigenvalue weighted by molar-refractivity contribution is 1.36. The fraction of sp³-hybridized carbons (Fsp3) is 0.100. The van der Waals surface area contributed by atoms with Gasteiger partial charge in [0.15, 0.2) is 0 Å². The van der Waals surface area contributed by atoms with Gasteiger partial charge in [-0.05, 0) is 23.3 Å². The van der Waals surface area contributed by atoms with E-state index in [0.29, 0.717) is 16.5 Å². The van der Waals surface area contributed by atoms with Crippen molar-refractivity contribution in [1.82, 2.24) is 0 Å².